The molecule has 4 heteroatoms. The first-order chi connectivity index (χ1) is 3.15. The predicted molar refractivity (Wildman–Crippen MR) is 35.1 cm³/mol. The van der Waals surface area contributed by atoms with E-state index in [9.17, 15) is 0 Å². The van der Waals surface area contributed by atoms with Gasteiger partial charge in [0.15, 0.2) is 5.97 Å². The van der Waals surface area contributed by atoms with Crippen molar-refractivity contribution in [3.63, 3.8) is 0 Å². The van der Waals surface area contributed by atoms with Gasteiger partial charge in [0.25, 0.3) is 0 Å². The van der Waals surface area contributed by atoms with E-state index in [1.165, 1.54) is 0 Å². The first-order valence-electron chi connectivity index (χ1n) is 1.99. The Morgan fingerprint density at radius 3 is 1.60 bits per heavy atom. The molecule has 0 heterocycles. The summed E-state index contributed by atoms with van der Waals surface area (Å²) in [5, 5.41) is 7.31. The molecule has 0 bridgehead atoms. The van der Waals surface area contributed by atoms with Crippen LogP contribution < -0.4 is 0 Å². The number of carboxylic acids is 1. The summed E-state index contributed by atoms with van der Waals surface area (Å²) in [6, 6.07) is 0. The molecule has 0 fully saturated rings. The largest absolute Gasteiger partial charge is 2.00 e. The Labute approximate surface area is 113 Å². The average Bonchev–Trinajstić information content (AvgIpc) is 1.33. The van der Waals surface area contributed by atoms with Crippen molar-refractivity contribution < 1.29 is 73.7 Å². The van der Waals surface area contributed by atoms with E-state index in [1.54, 1.807) is 0 Å². The molecule has 1 radical (unpaired) electrons. The SMILES string of the molecule is [CH2-]C(=O)O.[CH2-]CC.[CH3-].[U+2].[Y]. The molecule has 0 spiro atoms. The zero-order chi connectivity index (χ0) is 6.28. The van der Waals surface area contributed by atoms with E-state index in [0.717, 1.165) is 6.42 Å². The molecule has 0 aromatic heterocycles. The van der Waals surface area contributed by atoms with Gasteiger partial charge in [-0.2, -0.15) is 6.42 Å². The molecular weight excluding hydrogens is 431 g/mol. The maximum atomic E-state index is 8.89. The van der Waals surface area contributed by atoms with E-state index in [1.807, 2.05) is 6.92 Å². The van der Waals surface area contributed by atoms with Gasteiger partial charge >= 0.3 is 31.1 Å². The van der Waals surface area contributed by atoms with E-state index in [0.29, 0.717) is 0 Å². The molecule has 10 heavy (non-hydrogen) atoms. The first kappa shape index (κ1) is 30.0. The number of carboxylic acid groups (broad SMARTS) is 1. The molecule has 1 N–H and O–H groups in total. The van der Waals surface area contributed by atoms with Crippen molar-refractivity contribution >= 4 is 5.97 Å². The number of hydrogen-bond donors (Lipinski definition) is 1. The van der Waals surface area contributed by atoms with Gasteiger partial charge < -0.3 is 19.5 Å². The van der Waals surface area contributed by atoms with Crippen LogP contribution in [-0.2, 0) is 37.5 Å². The van der Waals surface area contributed by atoms with Gasteiger partial charge in [0, 0.05) is 32.7 Å². The van der Waals surface area contributed by atoms with Gasteiger partial charge in [-0.3, -0.25) is 11.7 Å². The minimum absolute atomic E-state index is 0. The Morgan fingerprint density at radius 1 is 1.60 bits per heavy atom. The molecule has 0 aliphatic carbocycles. The normalized spacial score (nSPS) is 4.20. The van der Waals surface area contributed by atoms with Crippen LogP contribution in [0.5, 0.6) is 0 Å². The van der Waals surface area contributed by atoms with E-state index >= 15 is 0 Å². The molecule has 0 saturated heterocycles. The van der Waals surface area contributed by atoms with Crippen molar-refractivity contribution in [2.24, 2.45) is 0 Å². The van der Waals surface area contributed by atoms with Gasteiger partial charge in [-0.25, -0.2) is 0 Å². The van der Waals surface area contributed by atoms with Crippen LogP contribution in [0.3, 0.4) is 0 Å². The van der Waals surface area contributed by atoms with Crippen LogP contribution >= 0.6 is 0 Å². The molecule has 0 amide bonds. The standard InChI is InChI=1S/C3H7.C2H3O2.CH3.U.Y/c1-3-2;1-2(3)4;;;/h1,3H2,2H3;1H2,(H,3,4);1H3;;/q3*-1;+2;. The van der Waals surface area contributed by atoms with Crippen molar-refractivity contribution in [1.82, 2.24) is 0 Å². The summed E-state index contributed by atoms with van der Waals surface area (Å²) >= 11 is 0. The van der Waals surface area contributed by atoms with Crippen molar-refractivity contribution in [1.29, 1.82) is 0 Å². The van der Waals surface area contributed by atoms with Crippen LogP contribution in [0, 0.1) is 52.4 Å². The quantitative estimate of drug-likeness (QED) is 0.577. The number of aliphatic carboxylic acids is 1. The minimum Gasteiger partial charge on any atom is -0.503 e. The zero-order valence-electron chi connectivity index (χ0n) is 6.55. The molecule has 0 aliphatic rings. The monoisotopic (exact) mass is 444 g/mol. The number of carbonyl (C=O) groups is 1. The Bertz CT molecular complexity index is 47.0. The Balaban J connectivity index is -0.0000000131. The molecule has 57 valence electrons. The third-order valence-corrected chi connectivity index (χ3v) is 0. The van der Waals surface area contributed by atoms with Crippen molar-refractivity contribution in [2.45, 2.75) is 13.3 Å². The summed E-state index contributed by atoms with van der Waals surface area (Å²) in [5.74, 6) is -1.08. The Morgan fingerprint density at radius 2 is 1.60 bits per heavy atom. The first-order valence-corrected chi connectivity index (χ1v) is 1.99. The molecule has 2 nitrogen and oxygen atoms in total. The second kappa shape index (κ2) is 31.3. The van der Waals surface area contributed by atoms with E-state index in [2.05, 4.69) is 13.8 Å². The van der Waals surface area contributed by atoms with Crippen LogP contribution in [-0.4, -0.2) is 11.1 Å². The van der Waals surface area contributed by atoms with E-state index in [-0.39, 0.29) is 71.2 Å². The summed E-state index contributed by atoms with van der Waals surface area (Å²) < 4.78 is 0. The van der Waals surface area contributed by atoms with Gasteiger partial charge in [-0.15, -0.1) is 0 Å². The Kier molecular flexibility index (Phi) is 94.0. The molecule has 0 saturated carbocycles. The fourth-order valence-corrected chi connectivity index (χ4v) is 0. The van der Waals surface area contributed by atoms with Gasteiger partial charge in [0.05, 0.1) is 0 Å². The fraction of sp³-hybridized carbons (Fsp3) is 0.333. The predicted octanol–water partition coefficient (Wildman–Crippen LogP) is 1.58. The molecule has 0 atom stereocenters. The van der Waals surface area contributed by atoms with Crippen molar-refractivity contribution in [3.8, 4) is 0 Å². The van der Waals surface area contributed by atoms with E-state index in [4.69, 9.17) is 9.90 Å². The van der Waals surface area contributed by atoms with Crippen LogP contribution in [0.15, 0.2) is 0 Å². The van der Waals surface area contributed by atoms with Gasteiger partial charge in [0.2, 0.25) is 0 Å². The number of hydrogen-bond acceptors (Lipinski definition) is 1. The molecule has 0 aromatic rings. The van der Waals surface area contributed by atoms with Crippen LogP contribution in [0.25, 0.3) is 0 Å². The fourth-order valence-electron chi connectivity index (χ4n) is 0. The minimum atomic E-state index is -1.08. The summed E-state index contributed by atoms with van der Waals surface area (Å²) in [4.78, 5) is 8.89. The summed E-state index contributed by atoms with van der Waals surface area (Å²) in [6.45, 7) is 8.06. The van der Waals surface area contributed by atoms with Gasteiger partial charge in [-0.05, 0) is 0 Å². The second-order valence-electron chi connectivity index (χ2n) is 0.894. The summed E-state index contributed by atoms with van der Waals surface area (Å²) in [5.41, 5.74) is 0. The van der Waals surface area contributed by atoms with Crippen molar-refractivity contribution in [3.05, 3.63) is 21.3 Å². The maximum Gasteiger partial charge on any atom is 2.00 e. The molecular formula is C6H13O2UY-. The smallest absolute Gasteiger partial charge is 0.503 e. The third-order valence-electron chi connectivity index (χ3n) is 0. The molecule has 0 aromatic carbocycles. The van der Waals surface area contributed by atoms with Crippen LogP contribution in [0.1, 0.15) is 13.3 Å². The van der Waals surface area contributed by atoms with E-state index < -0.39 is 5.97 Å². The molecule has 0 aliphatic heterocycles. The van der Waals surface area contributed by atoms with Gasteiger partial charge in [-0.1, -0.05) is 6.92 Å². The van der Waals surface area contributed by atoms with Crippen LogP contribution in [0.4, 0.5) is 0 Å². The topological polar surface area (TPSA) is 37.3 Å². The third kappa shape index (κ3) is 306. The Hall–Kier alpha value is 1.50. The van der Waals surface area contributed by atoms with Crippen molar-refractivity contribution in [2.75, 3.05) is 0 Å². The zero-order valence-corrected chi connectivity index (χ0v) is 13.6. The van der Waals surface area contributed by atoms with Crippen LogP contribution in [0.2, 0.25) is 0 Å². The van der Waals surface area contributed by atoms with Gasteiger partial charge in [0.1, 0.15) is 0 Å². The summed E-state index contributed by atoms with van der Waals surface area (Å²) in [7, 11) is 0. The second-order valence-corrected chi connectivity index (χ2v) is 0.894. The molecule has 0 rings (SSSR count). The maximum absolute atomic E-state index is 8.89. The molecule has 0 unspecified atom stereocenters. The average molecular weight is 444 g/mol. The summed E-state index contributed by atoms with van der Waals surface area (Å²) in [6.07, 6.45) is 1.00. The number of rotatable bonds is 0.